The van der Waals surface area contributed by atoms with Gasteiger partial charge in [-0.05, 0) is 94.4 Å². The van der Waals surface area contributed by atoms with Crippen molar-refractivity contribution in [3.05, 3.63) is 76.5 Å². The zero-order valence-electron chi connectivity index (χ0n) is 29.5. The summed E-state index contributed by atoms with van der Waals surface area (Å²) in [6.07, 6.45) is -0.235. The number of nitrogens with two attached hydrogens (primary N) is 1. The summed E-state index contributed by atoms with van der Waals surface area (Å²) in [6.45, 7) is -0.567. The Kier molecular flexibility index (Phi) is 20.9. The van der Waals surface area contributed by atoms with E-state index in [4.69, 9.17) is 20.7 Å². The van der Waals surface area contributed by atoms with Crippen molar-refractivity contribution in [2.75, 3.05) is 12.3 Å². The quantitative estimate of drug-likeness (QED) is 0.0203. The van der Waals surface area contributed by atoms with Gasteiger partial charge in [-0.25, -0.2) is 21.6 Å². The van der Waals surface area contributed by atoms with Crippen molar-refractivity contribution in [2.24, 2.45) is 5.73 Å². The summed E-state index contributed by atoms with van der Waals surface area (Å²) in [7, 11) is -10.4. The fraction of sp³-hybridized carbons (Fsp3) is 0.233. The predicted molar refractivity (Wildman–Crippen MR) is 206 cm³/mol. The summed E-state index contributed by atoms with van der Waals surface area (Å²) in [4.78, 5) is 54.9. The summed E-state index contributed by atoms with van der Waals surface area (Å²) in [5.74, 6) is -6.40. The number of aliphatic carboxylic acids is 2. The Labute approximate surface area is 412 Å². The number of benzene rings is 3. The second-order valence-corrected chi connectivity index (χ2v) is 17.5. The minimum atomic E-state index is -5.22. The van der Waals surface area contributed by atoms with Crippen LogP contribution in [0.25, 0.3) is 0 Å². The number of carboxylic acids is 2. The summed E-state index contributed by atoms with van der Waals surface area (Å²) >= 11 is 17.2. The van der Waals surface area contributed by atoms with E-state index in [2.05, 4.69) is 87.0 Å². The number of carbonyl (C=O) groups excluding carboxylic acids is 3. The van der Waals surface area contributed by atoms with Crippen LogP contribution in [-0.2, 0) is 49.8 Å². The fourth-order valence-electron chi connectivity index (χ4n) is 4.99. The number of nitrogens with one attached hydrogen (secondary N) is 2. The number of fused-ring (bicyclic) bond motifs is 1. The van der Waals surface area contributed by atoms with Crippen LogP contribution in [0.5, 0.6) is 11.5 Å². The number of cyclic esters (lactones) is 1. The molecule has 1 aliphatic rings. The molecule has 0 saturated heterocycles. The largest absolute Gasteiger partial charge is 1.00 e. The Morgan fingerprint density at radius 1 is 0.845 bits per heavy atom. The van der Waals surface area contributed by atoms with E-state index in [0.717, 1.165) is 36.4 Å². The van der Waals surface area contributed by atoms with Gasteiger partial charge < -0.3 is 50.6 Å². The number of carboxylic acid groups (broad SMARTS) is 2. The Hall–Kier alpha value is -1.34. The molecule has 3 aromatic carbocycles. The number of phenols is 2. The average molecular weight is 1150 g/mol. The molecule has 1 aliphatic heterocycles. The van der Waals surface area contributed by atoms with E-state index in [1.54, 1.807) is 0 Å². The smallest absolute Gasteiger partial charge is 0.744 e. The van der Waals surface area contributed by atoms with E-state index >= 15 is 0 Å². The molecule has 58 heavy (non-hydrogen) atoms. The van der Waals surface area contributed by atoms with Crippen molar-refractivity contribution >= 4 is 126 Å². The Balaban J connectivity index is 0.000000659. The summed E-state index contributed by atoms with van der Waals surface area (Å²) < 4.78 is 77.8. The molecule has 0 bridgehead atoms. The Bertz CT molecular complexity index is 2280. The van der Waals surface area contributed by atoms with Gasteiger partial charge in [0.15, 0.2) is 5.60 Å². The van der Waals surface area contributed by atoms with Crippen LogP contribution in [0.15, 0.2) is 64.1 Å². The predicted octanol–water partition coefficient (Wildman–Crippen LogP) is -3.78. The topological polar surface area (TPSA) is 340 Å². The van der Waals surface area contributed by atoms with Crippen LogP contribution in [-0.4, -0.2) is 100 Å². The van der Waals surface area contributed by atoms with Gasteiger partial charge in [0.25, 0.3) is 0 Å². The maximum Gasteiger partial charge on any atom is 1.00 e. The van der Waals surface area contributed by atoms with Crippen molar-refractivity contribution < 1.29 is 134 Å². The molecule has 8 N–H and O–H groups in total. The van der Waals surface area contributed by atoms with Gasteiger partial charge in [-0.1, -0.05) is 12.1 Å². The molecule has 4 rings (SSSR count). The third kappa shape index (κ3) is 12.6. The maximum absolute atomic E-state index is 13.2. The first kappa shape index (κ1) is 54.7. The molecular formula is C30H25Br4N3Na2O16S3. The van der Waals surface area contributed by atoms with Crippen molar-refractivity contribution in [3.63, 3.8) is 0 Å². The number of aromatic hydroxyl groups is 2. The number of hydrogen-bond donors (Lipinski definition) is 8. The molecule has 2 atom stereocenters. The van der Waals surface area contributed by atoms with Crippen LogP contribution in [0.3, 0.4) is 0 Å². The standard InChI is InChI=1S/C20H10Br4O10S2.C10H17N3O6S.2Na/c21-15-13-14(16(22)18(24)17(15)23)20(34-19(13)27,7-1-3-9(25)11(5-7)35(28,29)30)8-2-4-10(26)12(6-8)36(31,32)33;11-5(10(18)19)1-2-7(14)13-6(4-20)9(17)12-3-8(15)16;;/h1-6,25-26H,(H,28,29,30)(H,31,32,33);5-6,20H,1-4,11H2,(H,12,17)(H,13,14)(H,15,16)(H,18,19);;/q;;2*+1/p-2/t;5-,6-;;/m.0../s1. The number of phenolic OH excluding ortho intramolecular Hbond substituents is 2. The van der Waals surface area contributed by atoms with E-state index in [0.29, 0.717) is 8.95 Å². The summed E-state index contributed by atoms with van der Waals surface area (Å²) in [5.41, 5.74) is 2.67. The molecule has 304 valence electrons. The molecule has 0 unspecified atom stereocenters. The van der Waals surface area contributed by atoms with Crippen LogP contribution >= 0.6 is 76.3 Å². The molecular weight excluding hydrogens is 1120 g/mol. The number of carbonyl (C=O) groups is 5. The van der Waals surface area contributed by atoms with Crippen LogP contribution in [0.2, 0.25) is 0 Å². The van der Waals surface area contributed by atoms with Gasteiger partial charge in [-0.15, -0.1) is 0 Å². The number of amides is 2. The third-order valence-electron chi connectivity index (χ3n) is 7.59. The minimum Gasteiger partial charge on any atom is -0.744 e. The molecule has 0 aromatic heterocycles. The van der Waals surface area contributed by atoms with E-state index in [1.807, 2.05) is 0 Å². The van der Waals surface area contributed by atoms with Crippen LogP contribution in [0, 0.1) is 0 Å². The summed E-state index contributed by atoms with van der Waals surface area (Å²) in [6, 6.07) is 3.47. The number of hydrogen-bond acceptors (Lipinski definition) is 16. The third-order valence-corrected chi connectivity index (χ3v) is 14.5. The normalized spacial score (nSPS) is 13.8. The molecule has 0 aliphatic carbocycles. The minimum absolute atomic E-state index is 0. The van der Waals surface area contributed by atoms with Crippen molar-refractivity contribution in [3.8, 4) is 11.5 Å². The average Bonchev–Trinajstić information content (AvgIpc) is 3.43. The van der Waals surface area contributed by atoms with E-state index in [9.17, 15) is 60.1 Å². The number of halogens is 4. The van der Waals surface area contributed by atoms with Gasteiger partial charge in [0.1, 0.15) is 50.4 Å². The molecule has 0 radical (unpaired) electrons. The first-order valence-electron chi connectivity index (χ1n) is 14.9. The summed E-state index contributed by atoms with van der Waals surface area (Å²) in [5, 5.41) is 41.4. The maximum atomic E-state index is 13.2. The number of ether oxygens (including phenoxy) is 1. The van der Waals surface area contributed by atoms with Crippen molar-refractivity contribution in [2.45, 2.75) is 40.3 Å². The Morgan fingerprint density at radius 3 is 1.72 bits per heavy atom. The van der Waals surface area contributed by atoms with Gasteiger partial charge in [0.05, 0.1) is 15.4 Å². The van der Waals surface area contributed by atoms with Crippen LogP contribution in [0.4, 0.5) is 0 Å². The fourth-order valence-corrected chi connectivity index (χ4v) is 9.00. The van der Waals surface area contributed by atoms with Crippen molar-refractivity contribution in [1.29, 1.82) is 0 Å². The van der Waals surface area contributed by atoms with E-state index < -0.39 is 95.5 Å². The SMILES string of the molecule is N[C@@H](CCC(=O)N[C@@H](CS)C(=O)NCC(=O)O)C(=O)O.O=C1OC(c2ccc(O)c(S(=O)(=O)[O-])c2)(c2ccc(O)c(S(=O)(=O)[O-])c2)c2c(Br)c(Br)c(Br)c(Br)c21.[Na+].[Na+]. The molecule has 3 aromatic rings. The molecule has 1 heterocycles. The number of rotatable bonds is 13. The van der Waals surface area contributed by atoms with E-state index in [1.165, 1.54) is 0 Å². The first-order valence-corrected chi connectivity index (χ1v) is 21.5. The second kappa shape index (κ2) is 22.1. The zero-order chi connectivity index (χ0) is 42.7. The van der Waals surface area contributed by atoms with Crippen LogP contribution in [0.1, 0.15) is 39.9 Å². The van der Waals surface area contributed by atoms with Gasteiger partial charge in [-0.3, -0.25) is 19.2 Å². The second-order valence-electron chi connectivity index (χ2n) is 11.2. The zero-order valence-corrected chi connectivity index (χ0v) is 42.4. The van der Waals surface area contributed by atoms with Gasteiger partial charge in [0.2, 0.25) is 11.8 Å². The van der Waals surface area contributed by atoms with Crippen LogP contribution < -0.4 is 75.5 Å². The van der Waals surface area contributed by atoms with Gasteiger partial charge in [0, 0.05) is 46.8 Å². The molecule has 0 saturated carbocycles. The number of esters is 1. The molecule has 0 fully saturated rings. The van der Waals surface area contributed by atoms with Gasteiger partial charge in [-0.2, -0.15) is 12.6 Å². The van der Waals surface area contributed by atoms with Gasteiger partial charge >= 0.3 is 77.0 Å². The van der Waals surface area contributed by atoms with Crippen molar-refractivity contribution in [1.82, 2.24) is 10.6 Å². The molecule has 28 heteroatoms. The molecule has 0 spiro atoms. The molecule has 19 nitrogen and oxygen atoms in total. The number of thiol groups is 1. The molecule has 2 amide bonds. The monoisotopic (exact) mass is 1140 g/mol. The first-order chi connectivity index (χ1) is 25.8. The van der Waals surface area contributed by atoms with E-state index in [-0.39, 0.29) is 109 Å². The Morgan fingerprint density at radius 2 is 1.31 bits per heavy atom.